The maximum atomic E-state index is 12.2. The minimum Gasteiger partial charge on any atom is -0.490 e. The number of ether oxygens (including phenoxy) is 1. The van der Waals surface area contributed by atoms with Crippen molar-refractivity contribution in [1.82, 2.24) is 0 Å². The molecule has 2 aromatic carbocycles. The largest absolute Gasteiger partial charge is 0.490 e. The number of hydrogen-bond acceptors (Lipinski definition) is 5. The standard InChI is InChI=1S/C18H15N3O4/c1-12-3-6-15(7-4-12)20-18(22)14(11-19)9-13-5-8-17(25-2)16(10-13)21(23)24/h3-10H,1-2H3,(H,20,22)/b14-9+. The van der Waals surface area contributed by atoms with Gasteiger partial charge in [0.15, 0.2) is 5.75 Å². The summed E-state index contributed by atoms with van der Waals surface area (Å²) in [4.78, 5) is 22.7. The molecule has 0 heterocycles. The number of methoxy groups -OCH3 is 1. The van der Waals surface area contributed by atoms with Gasteiger partial charge in [0.1, 0.15) is 11.6 Å². The third-order valence-electron chi connectivity index (χ3n) is 3.39. The lowest BCUT2D eigenvalue weighted by atomic mass is 10.1. The predicted octanol–water partition coefficient (Wildman–Crippen LogP) is 3.46. The van der Waals surface area contributed by atoms with E-state index < -0.39 is 10.8 Å². The summed E-state index contributed by atoms with van der Waals surface area (Å²) in [6, 6.07) is 13.1. The number of nitrogens with one attached hydrogen (secondary N) is 1. The van der Waals surface area contributed by atoms with Crippen LogP contribution in [0.5, 0.6) is 5.75 Å². The van der Waals surface area contributed by atoms with Crippen molar-refractivity contribution in [3.8, 4) is 11.8 Å². The molecule has 1 amide bonds. The molecule has 1 N–H and O–H groups in total. The van der Waals surface area contributed by atoms with Crippen LogP contribution in [0.15, 0.2) is 48.0 Å². The van der Waals surface area contributed by atoms with Crippen LogP contribution in [-0.4, -0.2) is 17.9 Å². The zero-order chi connectivity index (χ0) is 18.4. The number of nitro groups is 1. The first-order valence-electron chi connectivity index (χ1n) is 7.27. The van der Waals surface area contributed by atoms with Gasteiger partial charge in [-0.25, -0.2) is 0 Å². The summed E-state index contributed by atoms with van der Waals surface area (Å²) in [5.41, 5.74) is 1.53. The van der Waals surface area contributed by atoms with Crippen molar-refractivity contribution >= 4 is 23.4 Å². The molecule has 0 aliphatic carbocycles. The molecule has 0 aliphatic rings. The van der Waals surface area contributed by atoms with Crippen LogP contribution in [0.25, 0.3) is 6.08 Å². The summed E-state index contributed by atoms with van der Waals surface area (Å²) < 4.78 is 4.92. The molecule has 7 heteroatoms. The van der Waals surface area contributed by atoms with Crippen molar-refractivity contribution in [2.24, 2.45) is 0 Å². The van der Waals surface area contributed by atoms with Crippen LogP contribution < -0.4 is 10.1 Å². The first-order chi connectivity index (χ1) is 11.9. The Hall–Kier alpha value is -3.66. The monoisotopic (exact) mass is 337 g/mol. The Balaban J connectivity index is 2.29. The van der Waals surface area contributed by atoms with Gasteiger partial charge in [0.05, 0.1) is 12.0 Å². The maximum absolute atomic E-state index is 12.2. The maximum Gasteiger partial charge on any atom is 0.311 e. The van der Waals surface area contributed by atoms with Gasteiger partial charge in [0.25, 0.3) is 5.91 Å². The fraction of sp³-hybridized carbons (Fsp3) is 0.111. The number of nitriles is 1. The van der Waals surface area contributed by atoms with Gasteiger partial charge >= 0.3 is 5.69 Å². The lowest BCUT2D eigenvalue weighted by Gasteiger charge is -2.05. The first kappa shape index (κ1) is 17.7. The normalized spacial score (nSPS) is 10.7. The van der Waals surface area contributed by atoms with Crippen molar-refractivity contribution in [1.29, 1.82) is 5.26 Å². The molecule has 0 aromatic heterocycles. The molecule has 2 rings (SSSR count). The second kappa shape index (κ2) is 7.75. The highest BCUT2D eigenvalue weighted by Gasteiger charge is 2.16. The van der Waals surface area contributed by atoms with E-state index in [0.717, 1.165) is 5.56 Å². The number of nitrogens with zero attached hydrogens (tertiary/aromatic N) is 2. The predicted molar refractivity (Wildman–Crippen MR) is 93.0 cm³/mol. The number of rotatable bonds is 5. The van der Waals surface area contributed by atoms with Crippen molar-refractivity contribution in [3.63, 3.8) is 0 Å². The van der Waals surface area contributed by atoms with Crippen LogP contribution in [0.1, 0.15) is 11.1 Å². The van der Waals surface area contributed by atoms with E-state index in [2.05, 4.69) is 5.32 Å². The zero-order valence-corrected chi connectivity index (χ0v) is 13.6. The third kappa shape index (κ3) is 4.42. The summed E-state index contributed by atoms with van der Waals surface area (Å²) in [5, 5.41) is 22.9. The Morgan fingerprint density at radius 3 is 2.52 bits per heavy atom. The van der Waals surface area contributed by atoms with Crippen molar-refractivity contribution < 1.29 is 14.5 Å². The second-order valence-electron chi connectivity index (χ2n) is 5.18. The smallest absolute Gasteiger partial charge is 0.311 e. The summed E-state index contributed by atoms with van der Waals surface area (Å²) in [6.45, 7) is 1.92. The van der Waals surface area contributed by atoms with Gasteiger partial charge in [0.2, 0.25) is 0 Å². The molecule has 0 saturated carbocycles. The van der Waals surface area contributed by atoms with E-state index >= 15 is 0 Å². The molecule has 0 saturated heterocycles. The molecule has 0 bridgehead atoms. The fourth-order valence-corrected chi connectivity index (χ4v) is 2.09. The topological polar surface area (TPSA) is 105 Å². The van der Waals surface area contributed by atoms with E-state index in [1.54, 1.807) is 12.1 Å². The number of carbonyl (C=O) groups excluding carboxylic acids is 1. The van der Waals surface area contributed by atoms with Gasteiger partial charge in [-0.2, -0.15) is 5.26 Å². The van der Waals surface area contributed by atoms with E-state index in [4.69, 9.17) is 4.74 Å². The van der Waals surface area contributed by atoms with Gasteiger partial charge in [-0.15, -0.1) is 0 Å². The van der Waals surface area contributed by atoms with Crippen LogP contribution in [0, 0.1) is 28.4 Å². The van der Waals surface area contributed by atoms with Crippen molar-refractivity contribution in [2.75, 3.05) is 12.4 Å². The molecule has 0 unspecified atom stereocenters. The molecular formula is C18H15N3O4. The molecule has 126 valence electrons. The average Bonchev–Trinajstić information content (AvgIpc) is 2.61. The Morgan fingerprint density at radius 1 is 1.28 bits per heavy atom. The van der Waals surface area contributed by atoms with E-state index in [1.807, 2.05) is 25.1 Å². The Bertz CT molecular complexity index is 880. The lowest BCUT2D eigenvalue weighted by Crippen LogP contribution is -2.13. The van der Waals surface area contributed by atoms with E-state index in [0.29, 0.717) is 11.3 Å². The van der Waals surface area contributed by atoms with E-state index in [-0.39, 0.29) is 17.0 Å². The molecule has 25 heavy (non-hydrogen) atoms. The van der Waals surface area contributed by atoms with Gasteiger partial charge in [0, 0.05) is 11.8 Å². The average molecular weight is 337 g/mol. The highest BCUT2D eigenvalue weighted by atomic mass is 16.6. The molecular weight excluding hydrogens is 322 g/mol. The van der Waals surface area contributed by atoms with Crippen LogP contribution in [0.2, 0.25) is 0 Å². The van der Waals surface area contributed by atoms with Crippen LogP contribution in [-0.2, 0) is 4.79 Å². The zero-order valence-electron chi connectivity index (χ0n) is 13.6. The fourth-order valence-electron chi connectivity index (χ4n) is 2.09. The molecule has 0 aliphatic heterocycles. The minimum absolute atomic E-state index is 0.102. The first-order valence-corrected chi connectivity index (χ1v) is 7.27. The summed E-state index contributed by atoms with van der Waals surface area (Å²) in [6.07, 6.45) is 1.29. The molecule has 0 atom stereocenters. The molecule has 0 radical (unpaired) electrons. The quantitative estimate of drug-likeness (QED) is 0.389. The Kier molecular flexibility index (Phi) is 5.48. The summed E-state index contributed by atoms with van der Waals surface area (Å²) in [5.74, 6) is -0.491. The number of benzene rings is 2. The number of carbonyl (C=O) groups is 1. The highest BCUT2D eigenvalue weighted by molar-refractivity contribution is 6.09. The van der Waals surface area contributed by atoms with Crippen LogP contribution >= 0.6 is 0 Å². The van der Waals surface area contributed by atoms with Gasteiger partial charge in [-0.05, 0) is 36.8 Å². The molecule has 0 fully saturated rings. The third-order valence-corrected chi connectivity index (χ3v) is 3.39. The number of amides is 1. The van der Waals surface area contributed by atoms with Crippen LogP contribution in [0.3, 0.4) is 0 Å². The SMILES string of the molecule is COc1ccc(/C=C(\C#N)C(=O)Nc2ccc(C)cc2)cc1[N+](=O)[O-]. The number of hydrogen-bond donors (Lipinski definition) is 1. The lowest BCUT2D eigenvalue weighted by molar-refractivity contribution is -0.385. The molecule has 7 nitrogen and oxygen atoms in total. The molecule has 0 spiro atoms. The number of nitro benzene ring substituents is 1. The van der Waals surface area contributed by atoms with Gasteiger partial charge in [-0.3, -0.25) is 14.9 Å². The highest BCUT2D eigenvalue weighted by Crippen LogP contribution is 2.28. The summed E-state index contributed by atoms with van der Waals surface area (Å²) >= 11 is 0. The minimum atomic E-state index is -0.593. The summed E-state index contributed by atoms with van der Waals surface area (Å²) in [7, 11) is 1.33. The Morgan fingerprint density at radius 2 is 1.96 bits per heavy atom. The van der Waals surface area contributed by atoms with Gasteiger partial charge < -0.3 is 10.1 Å². The number of anilines is 1. The van der Waals surface area contributed by atoms with Crippen molar-refractivity contribution in [3.05, 3.63) is 69.3 Å². The molecule has 2 aromatic rings. The van der Waals surface area contributed by atoms with E-state index in [9.17, 15) is 20.2 Å². The Labute approximate surface area is 144 Å². The van der Waals surface area contributed by atoms with Gasteiger partial charge in [-0.1, -0.05) is 23.8 Å². The van der Waals surface area contributed by atoms with Crippen molar-refractivity contribution in [2.45, 2.75) is 6.92 Å². The van der Waals surface area contributed by atoms with E-state index in [1.165, 1.54) is 31.4 Å². The number of aryl methyl sites for hydroxylation is 1. The van der Waals surface area contributed by atoms with Crippen LogP contribution in [0.4, 0.5) is 11.4 Å². The second-order valence-corrected chi connectivity index (χ2v) is 5.18.